The minimum Gasteiger partial charge on any atom is -0.336 e. The number of rotatable bonds is 4. The number of carbonyl (C=O) groups is 1. The molecule has 1 aromatic rings. The molecule has 0 saturated carbocycles. The van der Waals surface area contributed by atoms with Gasteiger partial charge in [-0.3, -0.25) is 14.7 Å². The summed E-state index contributed by atoms with van der Waals surface area (Å²) in [4.78, 5) is 18.9. The van der Waals surface area contributed by atoms with Crippen molar-refractivity contribution in [1.29, 1.82) is 0 Å². The molecule has 1 unspecified atom stereocenters. The molecule has 0 bridgehead atoms. The van der Waals surface area contributed by atoms with Crippen LogP contribution >= 0.6 is 0 Å². The first-order valence-electron chi connectivity index (χ1n) is 9.40. The molecule has 3 saturated heterocycles. The number of likely N-dealkylation sites (tertiary alicyclic amines) is 2. The van der Waals surface area contributed by atoms with Gasteiger partial charge in [-0.25, -0.2) is 4.79 Å². The number of hydrogen-bond acceptors (Lipinski definition) is 3. The first kappa shape index (κ1) is 15.9. The normalized spacial score (nSPS) is 26.1. The number of carbonyl (C=O) groups excluding carboxylic acids is 1. The third-order valence-corrected chi connectivity index (χ3v) is 5.65. The highest BCUT2D eigenvalue weighted by molar-refractivity contribution is 5.93. The Kier molecular flexibility index (Phi) is 4.72. The van der Waals surface area contributed by atoms with Gasteiger partial charge in [-0.1, -0.05) is 12.1 Å². The van der Waals surface area contributed by atoms with Crippen LogP contribution in [0.1, 0.15) is 31.2 Å². The molecule has 0 radical (unpaired) electrons. The number of nitrogens with zero attached hydrogens (tertiary/aromatic N) is 3. The molecule has 5 heteroatoms. The second kappa shape index (κ2) is 7.11. The van der Waals surface area contributed by atoms with Gasteiger partial charge in [0.15, 0.2) is 0 Å². The van der Waals surface area contributed by atoms with E-state index in [0.717, 1.165) is 31.4 Å². The Morgan fingerprint density at radius 3 is 2.50 bits per heavy atom. The molecule has 1 N–H and O–H groups in total. The molecule has 3 aliphatic rings. The molecule has 4 rings (SSSR count). The standard InChI is InChI=1S/C19H28N4O/c24-19-20-9-13-23(19)17-7-5-16(6-8-17)14-21-10-3-4-18(15-21)22-11-1-2-12-22/h5-8,18H,1-4,9-15H2,(H,20,24). The molecule has 0 aliphatic carbocycles. The maximum absolute atomic E-state index is 11.7. The molecule has 0 aromatic heterocycles. The van der Waals surface area contributed by atoms with Gasteiger partial charge >= 0.3 is 6.03 Å². The van der Waals surface area contributed by atoms with Crippen LogP contribution in [0, 0.1) is 0 Å². The van der Waals surface area contributed by atoms with E-state index in [-0.39, 0.29) is 6.03 Å². The Morgan fingerprint density at radius 2 is 1.79 bits per heavy atom. The van der Waals surface area contributed by atoms with Crippen molar-refractivity contribution in [1.82, 2.24) is 15.1 Å². The third kappa shape index (κ3) is 3.42. The summed E-state index contributed by atoms with van der Waals surface area (Å²) in [6.07, 6.45) is 5.43. The largest absolute Gasteiger partial charge is 0.336 e. The zero-order chi connectivity index (χ0) is 16.4. The summed E-state index contributed by atoms with van der Waals surface area (Å²) in [6.45, 7) is 7.54. The fraction of sp³-hybridized carbons (Fsp3) is 0.632. The van der Waals surface area contributed by atoms with Crippen LogP contribution < -0.4 is 10.2 Å². The third-order valence-electron chi connectivity index (χ3n) is 5.65. The van der Waals surface area contributed by atoms with E-state index >= 15 is 0 Å². The fourth-order valence-electron chi connectivity index (χ4n) is 4.34. The van der Waals surface area contributed by atoms with Crippen LogP contribution in [-0.4, -0.2) is 61.1 Å². The van der Waals surface area contributed by atoms with Gasteiger partial charge in [0.1, 0.15) is 0 Å². The lowest BCUT2D eigenvalue weighted by molar-refractivity contribution is 0.110. The summed E-state index contributed by atoms with van der Waals surface area (Å²) in [6, 6.07) is 9.31. The second-order valence-electron chi connectivity index (χ2n) is 7.32. The topological polar surface area (TPSA) is 38.8 Å². The highest BCUT2D eigenvalue weighted by Crippen LogP contribution is 2.23. The monoisotopic (exact) mass is 328 g/mol. The van der Waals surface area contributed by atoms with Gasteiger partial charge in [0.25, 0.3) is 0 Å². The lowest BCUT2D eigenvalue weighted by atomic mass is 10.0. The minimum absolute atomic E-state index is 0.0206. The number of anilines is 1. The lowest BCUT2D eigenvalue weighted by Crippen LogP contribution is -2.46. The van der Waals surface area contributed by atoms with Crippen LogP contribution in [0.25, 0.3) is 0 Å². The Morgan fingerprint density at radius 1 is 1.00 bits per heavy atom. The Labute approximate surface area is 144 Å². The van der Waals surface area contributed by atoms with E-state index in [1.165, 1.54) is 57.4 Å². The summed E-state index contributed by atoms with van der Waals surface area (Å²) in [5, 5.41) is 2.85. The van der Waals surface area contributed by atoms with Crippen molar-refractivity contribution in [2.24, 2.45) is 0 Å². The summed E-state index contributed by atoms with van der Waals surface area (Å²) < 4.78 is 0. The van der Waals surface area contributed by atoms with E-state index in [4.69, 9.17) is 0 Å². The second-order valence-corrected chi connectivity index (χ2v) is 7.32. The zero-order valence-corrected chi connectivity index (χ0v) is 14.4. The van der Waals surface area contributed by atoms with E-state index in [0.29, 0.717) is 0 Å². The highest BCUT2D eigenvalue weighted by atomic mass is 16.2. The van der Waals surface area contributed by atoms with E-state index in [1.54, 1.807) is 0 Å². The maximum atomic E-state index is 11.7. The summed E-state index contributed by atoms with van der Waals surface area (Å²) in [7, 11) is 0. The molecule has 1 atom stereocenters. The predicted molar refractivity (Wildman–Crippen MR) is 96.3 cm³/mol. The average Bonchev–Trinajstić information content (AvgIpc) is 3.28. The molecule has 2 amide bonds. The predicted octanol–water partition coefficient (Wildman–Crippen LogP) is 2.28. The van der Waals surface area contributed by atoms with E-state index in [9.17, 15) is 4.79 Å². The Balaban J connectivity index is 1.35. The number of urea groups is 1. The van der Waals surface area contributed by atoms with Gasteiger partial charge in [0.05, 0.1) is 0 Å². The molecular weight excluding hydrogens is 300 g/mol. The van der Waals surface area contributed by atoms with Crippen molar-refractivity contribution in [3.05, 3.63) is 29.8 Å². The van der Waals surface area contributed by atoms with Crippen LogP contribution in [0.3, 0.4) is 0 Å². The smallest absolute Gasteiger partial charge is 0.321 e. The SMILES string of the molecule is O=C1NCCN1c1ccc(CN2CCCC(N3CCCC3)C2)cc1. The fourth-order valence-corrected chi connectivity index (χ4v) is 4.34. The van der Waals surface area contributed by atoms with Gasteiger partial charge in [-0.15, -0.1) is 0 Å². The summed E-state index contributed by atoms with van der Waals surface area (Å²) in [5.41, 5.74) is 2.35. The molecule has 3 fully saturated rings. The van der Waals surface area contributed by atoms with Crippen molar-refractivity contribution < 1.29 is 4.79 Å². The molecular formula is C19H28N4O. The number of amides is 2. The number of piperidine rings is 1. The van der Waals surface area contributed by atoms with Crippen molar-refractivity contribution in [3.8, 4) is 0 Å². The van der Waals surface area contributed by atoms with Crippen LogP contribution in [0.15, 0.2) is 24.3 Å². The molecule has 3 heterocycles. The van der Waals surface area contributed by atoms with Crippen molar-refractivity contribution in [2.75, 3.05) is 44.2 Å². The summed E-state index contributed by atoms with van der Waals surface area (Å²) >= 11 is 0. The number of nitrogens with one attached hydrogen (secondary N) is 1. The highest BCUT2D eigenvalue weighted by Gasteiger charge is 2.27. The zero-order valence-electron chi connectivity index (χ0n) is 14.4. The molecule has 130 valence electrons. The average molecular weight is 328 g/mol. The quantitative estimate of drug-likeness (QED) is 0.921. The first-order valence-corrected chi connectivity index (χ1v) is 9.40. The Bertz CT molecular complexity index is 567. The molecule has 1 aromatic carbocycles. The molecule has 3 aliphatic heterocycles. The van der Waals surface area contributed by atoms with Crippen molar-refractivity contribution >= 4 is 11.7 Å². The van der Waals surface area contributed by atoms with Gasteiger partial charge in [0, 0.05) is 37.9 Å². The van der Waals surface area contributed by atoms with E-state index in [1.807, 2.05) is 4.90 Å². The molecule has 0 spiro atoms. The van der Waals surface area contributed by atoms with Gasteiger partial charge < -0.3 is 5.32 Å². The molecule has 24 heavy (non-hydrogen) atoms. The van der Waals surface area contributed by atoms with E-state index < -0.39 is 0 Å². The van der Waals surface area contributed by atoms with E-state index in [2.05, 4.69) is 39.4 Å². The first-order chi connectivity index (χ1) is 11.8. The van der Waals surface area contributed by atoms with Crippen LogP contribution in [0.5, 0.6) is 0 Å². The molecule has 5 nitrogen and oxygen atoms in total. The van der Waals surface area contributed by atoms with Crippen molar-refractivity contribution in [2.45, 2.75) is 38.3 Å². The van der Waals surface area contributed by atoms with Crippen molar-refractivity contribution in [3.63, 3.8) is 0 Å². The van der Waals surface area contributed by atoms with Gasteiger partial charge in [-0.2, -0.15) is 0 Å². The van der Waals surface area contributed by atoms with Crippen LogP contribution in [0.4, 0.5) is 10.5 Å². The van der Waals surface area contributed by atoms with Gasteiger partial charge in [0.2, 0.25) is 0 Å². The van der Waals surface area contributed by atoms with Crippen LogP contribution in [0.2, 0.25) is 0 Å². The Hall–Kier alpha value is -1.59. The lowest BCUT2D eigenvalue weighted by Gasteiger charge is -2.37. The number of benzene rings is 1. The number of hydrogen-bond donors (Lipinski definition) is 1. The van der Waals surface area contributed by atoms with Crippen LogP contribution in [-0.2, 0) is 6.54 Å². The minimum atomic E-state index is 0.0206. The maximum Gasteiger partial charge on any atom is 0.321 e. The van der Waals surface area contributed by atoms with Gasteiger partial charge in [-0.05, 0) is 63.0 Å². The summed E-state index contributed by atoms with van der Waals surface area (Å²) in [5.74, 6) is 0.